The third-order valence-corrected chi connectivity index (χ3v) is 5.02. The number of thioether (sulfide) groups is 1. The van der Waals surface area contributed by atoms with Crippen LogP contribution in [0.5, 0.6) is 11.5 Å². The fourth-order valence-corrected chi connectivity index (χ4v) is 3.48. The quantitative estimate of drug-likeness (QED) is 0.779. The molecule has 3 rings (SSSR count). The van der Waals surface area contributed by atoms with Crippen LogP contribution in [-0.4, -0.2) is 25.4 Å². The maximum absolute atomic E-state index is 12.4. The minimum atomic E-state index is -0.197. The number of ether oxygens (including phenoxy) is 2. The summed E-state index contributed by atoms with van der Waals surface area (Å²) in [4.78, 5) is 13.3. The molecule has 0 aliphatic carbocycles. The molecule has 24 heavy (non-hydrogen) atoms. The Labute approximate surface area is 154 Å². The van der Waals surface area contributed by atoms with Crippen LogP contribution in [0.15, 0.2) is 35.2 Å². The zero-order valence-electron chi connectivity index (χ0n) is 12.9. The SMILES string of the molecule is CSc1cc2c(cc1NC(=O)Cc1c(Cl)cccc1Cl)OCCO2. The van der Waals surface area contributed by atoms with E-state index in [-0.39, 0.29) is 12.3 Å². The fraction of sp³-hybridized carbons (Fsp3) is 0.235. The molecule has 0 spiro atoms. The van der Waals surface area contributed by atoms with Gasteiger partial charge in [0, 0.05) is 21.0 Å². The third kappa shape index (κ3) is 3.74. The Morgan fingerprint density at radius 2 is 1.79 bits per heavy atom. The summed E-state index contributed by atoms with van der Waals surface area (Å²) >= 11 is 13.8. The molecule has 1 amide bonds. The molecular weight excluding hydrogens is 369 g/mol. The van der Waals surface area contributed by atoms with Crippen LogP contribution in [0.2, 0.25) is 10.0 Å². The molecule has 0 aromatic heterocycles. The standard InChI is InChI=1S/C17H15Cl2NO3S/c1-24-16-9-15-14(22-5-6-23-15)8-13(16)20-17(21)7-10-11(18)3-2-4-12(10)19/h2-4,8-9H,5-7H2,1H3,(H,20,21). The van der Waals surface area contributed by atoms with Crippen molar-refractivity contribution in [2.45, 2.75) is 11.3 Å². The maximum Gasteiger partial charge on any atom is 0.228 e. The Hall–Kier alpha value is -1.56. The predicted molar refractivity (Wildman–Crippen MR) is 98.0 cm³/mol. The summed E-state index contributed by atoms with van der Waals surface area (Å²) in [6.45, 7) is 1.02. The van der Waals surface area contributed by atoms with E-state index in [9.17, 15) is 4.79 Å². The van der Waals surface area contributed by atoms with Gasteiger partial charge in [-0.3, -0.25) is 4.79 Å². The Kier molecular flexibility index (Phi) is 5.43. The summed E-state index contributed by atoms with van der Waals surface area (Å²) in [5.41, 5.74) is 1.29. The highest BCUT2D eigenvalue weighted by molar-refractivity contribution is 7.98. The zero-order chi connectivity index (χ0) is 17.1. The van der Waals surface area contributed by atoms with Crippen LogP contribution in [0.1, 0.15) is 5.56 Å². The highest BCUT2D eigenvalue weighted by atomic mass is 35.5. The summed E-state index contributed by atoms with van der Waals surface area (Å²) in [7, 11) is 0. The lowest BCUT2D eigenvalue weighted by Crippen LogP contribution is -2.18. The van der Waals surface area contributed by atoms with Crippen molar-refractivity contribution in [2.24, 2.45) is 0 Å². The van der Waals surface area contributed by atoms with Crippen molar-refractivity contribution in [2.75, 3.05) is 24.8 Å². The van der Waals surface area contributed by atoms with Crippen LogP contribution in [0, 0.1) is 0 Å². The van der Waals surface area contributed by atoms with E-state index in [4.69, 9.17) is 32.7 Å². The Morgan fingerprint density at radius 1 is 1.17 bits per heavy atom. The fourth-order valence-electron chi connectivity index (χ4n) is 2.39. The van der Waals surface area contributed by atoms with Gasteiger partial charge in [0.15, 0.2) is 11.5 Å². The van der Waals surface area contributed by atoms with Crippen LogP contribution in [0.3, 0.4) is 0 Å². The van der Waals surface area contributed by atoms with E-state index in [2.05, 4.69) is 5.32 Å². The molecule has 0 saturated carbocycles. The van der Waals surface area contributed by atoms with Gasteiger partial charge < -0.3 is 14.8 Å². The molecule has 0 atom stereocenters. The lowest BCUT2D eigenvalue weighted by Gasteiger charge is -2.21. The molecule has 4 nitrogen and oxygen atoms in total. The van der Waals surface area contributed by atoms with Crippen molar-refractivity contribution in [3.05, 3.63) is 45.9 Å². The monoisotopic (exact) mass is 383 g/mol. The molecule has 0 radical (unpaired) electrons. The molecule has 126 valence electrons. The van der Waals surface area contributed by atoms with E-state index in [1.165, 1.54) is 11.8 Å². The second-order valence-corrected chi connectivity index (χ2v) is 6.78. The Bertz CT molecular complexity index is 762. The van der Waals surface area contributed by atoms with Crippen molar-refractivity contribution in [1.82, 2.24) is 0 Å². The van der Waals surface area contributed by atoms with E-state index in [0.717, 1.165) is 4.90 Å². The van der Waals surface area contributed by atoms with Crippen LogP contribution in [-0.2, 0) is 11.2 Å². The average molecular weight is 384 g/mol. The summed E-state index contributed by atoms with van der Waals surface area (Å²) in [6.07, 6.45) is 2.03. The molecule has 1 aliphatic rings. The number of rotatable bonds is 4. The molecule has 7 heteroatoms. The van der Waals surface area contributed by atoms with Crippen molar-refractivity contribution in [3.8, 4) is 11.5 Å². The first-order chi connectivity index (χ1) is 11.6. The number of carbonyl (C=O) groups excluding carboxylic acids is 1. The largest absolute Gasteiger partial charge is 0.486 e. The Morgan fingerprint density at radius 3 is 2.42 bits per heavy atom. The predicted octanol–water partition coefficient (Wildman–Crippen LogP) is 4.67. The molecule has 1 aliphatic heterocycles. The molecule has 0 bridgehead atoms. The molecule has 1 heterocycles. The maximum atomic E-state index is 12.4. The van der Waals surface area contributed by atoms with Crippen molar-refractivity contribution in [1.29, 1.82) is 0 Å². The highest BCUT2D eigenvalue weighted by Crippen LogP contribution is 2.39. The number of anilines is 1. The third-order valence-electron chi connectivity index (χ3n) is 3.54. The van der Waals surface area contributed by atoms with Gasteiger partial charge in [0.1, 0.15) is 13.2 Å². The molecule has 2 aromatic carbocycles. The van der Waals surface area contributed by atoms with Gasteiger partial charge in [0.25, 0.3) is 0 Å². The number of amides is 1. The Balaban J connectivity index is 1.81. The number of hydrogen-bond acceptors (Lipinski definition) is 4. The summed E-state index contributed by atoms with van der Waals surface area (Å²) in [6, 6.07) is 8.84. The highest BCUT2D eigenvalue weighted by Gasteiger charge is 2.18. The first-order valence-electron chi connectivity index (χ1n) is 7.29. The molecule has 1 N–H and O–H groups in total. The zero-order valence-corrected chi connectivity index (χ0v) is 15.2. The lowest BCUT2D eigenvalue weighted by molar-refractivity contribution is -0.115. The van der Waals surface area contributed by atoms with Gasteiger partial charge in [0.2, 0.25) is 5.91 Å². The smallest absolute Gasteiger partial charge is 0.228 e. The number of halogens is 2. The van der Waals surface area contributed by atoms with Crippen molar-refractivity contribution in [3.63, 3.8) is 0 Å². The van der Waals surface area contributed by atoms with Crippen LogP contribution >= 0.6 is 35.0 Å². The second kappa shape index (κ2) is 7.55. The van der Waals surface area contributed by atoms with Crippen LogP contribution in [0.25, 0.3) is 0 Å². The molecular formula is C17H15Cl2NO3S. The molecule has 0 saturated heterocycles. The lowest BCUT2D eigenvalue weighted by atomic mass is 10.1. The topological polar surface area (TPSA) is 47.6 Å². The average Bonchev–Trinajstić information content (AvgIpc) is 2.57. The summed E-state index contributed by atoms with van der Waals surface area (Å²) in [5.74, 6) is 1.12. The van der Waals surface area contributed by atoms with E-state index in [1.807, 2.05) is 12.3 Å². The number of carbonyl (C=O) groups is 1. The molecule has 2 aromatic rings. The number of nitrogens with one attached hydrogen (secondary N) is 1. The number of hydrogen-bond donors (Lipinski definition) is 1. The number of fused-ring (bicyclic) bond motifs is 1. The van der Waals surface area contributed by atoms with Gasteiger partial charge in [-0.15, -0.1) is 11.8 Å². The normalized spacial score (nSPS) is 12.8. The van der Waals surface area contributed by atoms with Crippen molar-refractivity contribution >= 4 is 46.6 Å². The van der Waals surface area contributed by atoms with E-state index >= 15 is 0 Å². The van der Waals surface area contributed by atoms with Gasteiger partial charge in [-0.2, -0.15) is 0 Å². The van der Waals surface area contributed by atoms with Gasteiger partial charge in [-0.1, -0.05) is 29.3 Å². The second-order valence-electron chi connectivity index (χ2n) is 5.12. The summed E-state index contributed by atoms with van der Waals surface area (Å²) in [5, 5.41) is 3.86. The number of benzene rings is 2. The van der Waals surface area contributed by atoms with Gasteiger partial charge in [-0.05, 0) is 30.0 Å². The van der Waals surface area contributed by atoms with Crippen LogP contribution < -0.4 is 14.8 Å². The molecule has 0 fully saturated rings. The van der Waals surface area contributed by atoms with Gasteiger partial charge >= 0.3 is 0 Å². The van der Waals surface area contributed by atoms with Gasteiger partial charge in [0.05, 0.1) is 12.1 Å². The van der Waals surface area contributed by atoms with E-state index in [1.54, 1.807) is 24.3 Å². The first kappa shape index (κ1) is 17.3. The van der Waals surface area contributed by atoms with Gasteiger partial charge in [-0.25, -0.2) is 0 Å². The minimum Gasteiger partial charge on any atom is -0.486 e. The van der Waals surface area contributed by atoms with Crippen LogP contribution in [0.4, 0.5) is 5.69 Å². The first-order valence-corrected chi connectivity index (χ1v) is 9.27. The van der Waals surface area contributed by atoms with Crippen molar-refractivity contribution < 1.29 is 14.3 Å². The van der Waals surface area contributed by atoms with E-state index in [0.29, 0.717) is 46.0 Å². The van der Waals surface area contributed by atoms with E-state index < -0.39 is 0 Å². The summed E-state index contributed by atoms with van der Waals surface area (Å²) < 4.78 is 11.1. The molecule has 0 unspecified atom stereocenters. The minimum absolute atomic E-state index is 0.0980.